The quantitative estimate of drug-likeness (QED) is 0.631. The predicted molar refractivity (Wildman–Crippen MR) is 72.8 cm³/mol. The van der Waals surface area contributed by atoms with Crippen LogP contribution in [-0.4, -0.2) is 4.98 Å². The van der Waals surface area contributed by atoms with Crippen LogP contribution in [0.25, 0.3) is 21.3 Å². The lowest BCUT2D eigenvalue weighted by Gasteiger charge is -2.03. The zero-order valence-corrected chi connectivity index (χ0v) is 10.8. The van der Waals surface area contributed by atoms with Crippen molar-refractivity contribution in [2.45, 2.75) is 0 Å². The van der Waals surface area contributed by atoms with Gasteiger partial charge in [-0.1, -0.05) is 28.1 Å². The van der Waals surface area contributed by atoms with Crippen LogP contribution in [0.1, 0.15) is 0 Å². The summed E-state index contributed by atoms with van der Waals surface area (Å²) in [6.07, 6.45) is 1.83. The maximum Gasteiger partial charge on any atom is 0.0719 e. The lowest BCUT2D eigenvalue weighted by Crippen LogP contribution is -1.81. The summed E-state index contributed by atoms with van der Waals surface area (Å²) in [5.74, 6) is 0. The molecule has 3 rings (SSSR count). The third kappa shape index (κ3) is 1.66. The zero-order chi connectivity index (χ0) is 11.0. The first-order valence-corrected chi connectivity index (χ1v) is 6.60. The maximum absolute atomic E-state index is 4.39. The number of nitrogens with zero attached hydrogens (tertiary/aromatic N) is 1. The number of hydrogen-bond donors (Lipinski definition) is 0. The van der Waals surface area contributed by atoms with E-state index in [4.69, 9.17) is 0 Å². The van der Waals surface area contributed by atoms with Crippen molar-refractivity contribution in [1.82, 2.24) is 4.98 Å². The van der Waals surface area contributed by atoms with E-state index in [-0.39, 0.29) is 0 Å². The Hall–Kier alpha value is -1.19. The van der Waals surface area contributed by atoms with Gasteiger partial charge in [-0.25, -0.2) is 0 Å². The Kier molecular flexibility index (Phi) is 2.50. The van der Waals surface area contributed by atoms with Crippen LogP contribution < -0.4 is 0 Å². The number of hydrogen-bond acceptors (Lipinski definition) is 2. The smallest absolute Gasteiger partial charge is 0.0719 e. The van der Waals surface area contributed by atoms with Crippen LogP contribution in [-0.2, 0) is 0 Å². The minimum Gasteiger partial charge on any atom is -0.256 e. The molecule has 2 aromatic heterocycles. The van der Waals surface area contributed by atoms with E-state index < -0.39 is 0 Å². The predicted octanol–water partition coefficient (Wildman–Crippen LogP) is 4.73. The second-order valence-electron chi connectivity index (χ2n) is 3.51. The average Bonchev–Trinajstić information content (AvgIpc) is 2.82. The van der Waals surface area contributed by atoms with Crippen molar-refractivity contribution in [2.75, 3.05) is 0 Å². The highest BCUT2D eigenvalue weighted by atomic mass is 79.9. The molecule has 0 unspecified atom stereocenters. The van der Waals surface area contributed by atoms with Gasteiger partial charge in [0.1, 0.15) is 0 Å². The van der Waals surface area contributed by atoms with Gasteiger partial charge in [0.15, 0.2) is 0 Å². The molecule has 1 aromatic carbocycles. The topological polar surface area (TPSA) is 12.9 Å². The van der Waals surface area contributed by atoms with Crippen LogP contribution in [0, 0.1) is 0 Å². The number of pyridine rings is 1. The maximum atomic E-state index is 4.39. The number of rotatable bonds is 1. The normalized spacial score (nSPS) is 10.8. The SMILES string of the molecule is Brc1cc(-c2cccs2)cc2ncccc12. The molecule has 0 aliphatic heterocycles. The molecule has 16 heavy (non-hydrogen) atoms. The van der Waals surface area contributed by atoms with E-state index in [1.165, 1.54) is 10.4 Å². The Bertz CT molecular complexity index is 631. The largest absolute Gasteiger partial charge is 0.256 e. The van der Waals surface area contributed by atoms with Crippen LogP contribution >= 0.6 is 27.3 Å². The summed E-state index contributed by atoms with van der Waals surface area (Å²) in [6.45, 7) is 0. The minimum atomic E-state index is 1.03. The number of aromatic nitrogens is 1. The second kappa shape index (κ2) is 4.00. The van der Waals surface area contributed by atoms with Gasteiger partial charge in [0.2, 0.25) is 0 Å². The molecule has 78 valence electrons. The van der Waals surface area contributed by atoms with Gasteiger partial charge in [-0.3, -0.25) is 4.98 Å². The van der Waals surface area contributed by atoms with Crippen LogP contribution in [0.15, 0.2) is 52.4 Å². The summed E-state index contributed by atoms with van der Waals surface area (Å²) in [4.78, 5) is 5.66. The van der Waals surface area contributed by atoms with Gasteiger partial charge in [0.25, 0.3) is 0 Å². The fourth-order valence-electron chi connectivity index (χ4n) is 1.72. The molecule has 3 heteroatoms. The van der Waals surface area contributed by atoms with Crippen molar-refractivity contribution in [3.05, 3.63) is 52.4 Å². The molecule has 0 amide bonds. The van der Waals surface area contributed by atoms with Crippen LogP contribution in [0.5, 0.6) is 0 Å². The van der Waals surface area contributed by atoms with E-state index >= 15 is 0 Å². The zero-order valence-electron chi connectivity index (χ0n) is 8.35. The van der Waals surface area contributed by atoms with Gasteiger partial charge in [0.05, 0.1) is 5.52 Å². The van der Waals surface area contributed by atoms with Gasteiger partial charge >= 0.3 is 0 Å². The van der Waals surface area contributed by atoms with Crippen LogP contribution in [0.2, 0.25) is 0 Å². The highest BCUT2D eigenvalue weighted by Crippen LogP contribution is 2.32. The summed E-state index contributed by atoms with van der Waals surface area (Å²) in [5.41, 5.74) is 2.24. The standard InChI is InChI=1S/C13H8BrNS/c14-11-7-9(13-4-2-6-16-13)8-12-10(11)3-1-5-15-12/h1-8H. The van der Waals surface area contributed by atoms with Crippen molar-refractivity contribution in [3.63, 3.8) is 0 Å². The van der Waals surface area contributed by atoms with Crippen LogP contribution in [0.3, 0.4) is 0 Å². The van der Waals surface area contributed by atoms with E-state index in [2.05, 4.69) is 56.6 Å². The third-order valence-electron chi connectivity index (χ3n) is 2.48. The summed E-state index contributed by atoms with van der Waals surface area (Å²) in [6, 6.07) is 12.5. The summed E-state index contributed by atoms with van der Waals surface area (Å²) < 4.78 is 1.10. The number of benzene rings is 1. The summed E-state index contributed by atoms with van der Waals surface area (Å²) in [5, 5.41) is 3.24. The van der Waals surface area contributed by atoms with Gasteiger partial charge < -0.3 is 0 Å². The van der Waals surface area contributed by atoms with Crippen LogP contribution in [0.4, 0.5) is 0 Å². The molecule has 1 nitrogen and oxygen atoms in total. The molecule has 0 saturated heterocycles. The fraction of sp³-hybridized carbons (Fsp3) is 0. The molecule has 0 bridgehead atoms. The monoisotopic (exact) mass is 289 g/mol. The Balaban J connectivity index is 2.29. The van der Waals surface area contributed by atoms with Gasteiger partial charge in [-0.15, -0.1) is 11.3 Å². The number of thiophene rings is 1. The molecule has 2 heterocycles. The Morgan fingerprint density at radius 3 is 2.88 bits per heavy atom. The van der Waals surface area contributed by atoms with E-state index in [1.54, 1.807) is 11.3 Å². The van der Waals surface area contributed by atoms with E-state index in [0.29, 0.717) is 0 Å². The molecule has 3 aromatic rings. The highest BCUT2D eigenvalue weighted by molar-refractivity contribution is 9.10. The third-order valence-corrected chi connectivity index (χ3v) is 4.05. The van der Waals surface area contributed by atoms with Gasteiger partial charge in [-0.05, 0) is 35.2 Å². The van der Waals surface area contributed by atoms with Gasteiger partial charge in [0, 0.05) is 20.9 Å². The van der Waals surface area contributed by atoms with Crippen molar-refractivity contribution in [2.24, 2.45) is 0 Å². The van der Waals surface area contributed by atoms with E-state index in [0.717, 1.165) is 15.4 Å². The van der Waals surface area contributed by atoms with Crippen molar-refractivity contribution < 1.29 is 0 Å². The first-order chi connectivity index (χ1) is 7.84. The Labute approximate surface area is 106 Å². The highest BCUT2D eigenvalue weighted by Gasteiger charge is 2.04. The molecule has 0 spiro atoms. The molecular formula is C13H8BrNS. The number of fused-ring (bicyclic) bond motifs is 1. The molecule has 0 atom stereocenters. The molecule has 0 saturated carbocycles. The minimum absolute atomic E-state index is 1.03. The summed E-state index contributed by atoms with van der Waals surface area (Å²) in [7, 11) is 0. The summed E-state index contributed by atoms with van der Waals surface area (Å²) >= 11 is 5.34. The molecule has 0 aliphatic carbocycles. The first kappa shape index (κ1) is 10.00. The fourth-order valence-corrected chi connectivity index (χ4v) is 3.02. The second-order valence-corrected chi connectivity index (χ2v) is 5.31. The molecular weight excluding hydrogens is 282 g/mol. The van der Waals surface area contributed by atoms with Crippen molar-refractivity contribution in [3.8, 4) is 10.4 Å². The number of halogens is 1. The lowest BCUT2D eigenvalue weighted by molar-refractivity contribution is 1.41. The van der Waals surface area contributed by atoms with Gasteiger partial charge in [-0.2, -0.15) is 0 Å². The van der Waals surface area contributed by atoms with E-state index in [9.17, 15) is 0 Å². The van der Waals surface area contributed by atoms with Crippen molar-refractivity contribution >= 4 is 38.2 Å². The molecule has 0 N–H and O–H groups in total. The Morgan fingerprint density at radius 1 is 1.12 bits per heavy atom. The van der Waals surface area contributed by atoms with E-state index in [1.807, 2.05) is 12.3 Å². The lowest BCUT2D eigenvalue weighted by atomic mass is 10.1. The molecule has 0 aliphatic rings. The molecule has 0 radical (unpaired) electrons. The molecule has 0 fully saturated rings. The average molecular weight is 290 g/mol. The first-order valence-electron chi connectivity index (χ1n) is 4.93. The Morgan fingerprint density at radius 2 is 2.06 bits per heavy atom. The van der Waals surface area contributed by atoms with Crippen molar-refractivity contribution in [1.29, 1.82) is 0 Å².